The molecule has 6 rings (SSSR count). The van der Waals surface area contributed by atoms with Gasteiger partial charge in [-0.1, -0.05) is 12.5 Å². The molecule has 152 valence electrons. The Balaban J connectivity index is 1.55. The van der Waals surface area contributed by atoms with Crippen molar-refractivity contribution in [3.05, 3.63) is 42.0 Å². The molecule has 1 aliphatic heterocycles. The topological polar surface area (TPSA) is 61.2 Å². The second-order valence-electron chi connectivity index (χ2n) is 8.29. The van der Waals surface area contributed by atoms with Gasteiger partial charge >= 0.3 is 0 Å². The van der Waals surface area contributed by atoms with Crippen LogP contribution < -0.4 is 10.5 Å². The molecule has 0 saturated carbocycles. The number of benzene rings is 2. The number of hydrogen-bond donors (Lipinski definition) is 2. The summed E-state index contributed by atoms with van der Waals surface area (Å²) in [6.45, 7) is 6.62. The number of fused-ring (bicyclic) bond motifs is 4. The highest BCUT2D eigenvalue weighted by Gasteiger charge is 2.17. The van der Waals surface area contributed by atoms with Gasteiger partial charge in [-0.3, -0.25) is 9.50 Å². The third-order valence-electron chi connectivity index (χ3n) is 6.59. The number of aromatic amines is 1. The van der Waals surface area contributed by atoms with Gasteiger partial charge in [-0.2, -0.15) is 5.10 Å². The fraction of sp³-hybridized carbons (Fsp3) is 0.333. The number of pyridine rings is 1. The van der Waals surface area contributed by atoms with E-state index in [9.17, 15) is 0 Å². The van der Waals surface area contributed by atoms with E-state index in [0.29, 0.717) is 0 Å². The molecule has 0 spiro atoms. The minimum absolute atomic E-state index is 0.951. The number of rotatable bonds is 4. The maximum absolute atomic E-state index is 4.70. The number of imidazole rings is 1. The second-order valence-corrected chi connectivity index (χ2v) is 8.29. The third-order valence-corrected chi connectivity index (χ3v) is 6.59. The van der Waals surface area contributed by atoms with E-state index >= 15 is 0 Å². The molecule has 4 heterocycles. The lowest BCUT2D eigenvalue weighted by atomic mass is 10.0. The van der Waals surface area contributed by atoms with Gasteiger partial charge in [-0.15, -0.1) is 0 Å². The average molecular weight is 399 g/mol. The highest BCUT2D eigenvalue weighted by Crippen LogP contribution is 2.31. The second kappa shape index (κ2) is 6.99. The van der Waals surface area contributed by atoms with Crippen LogP contribution >= 0.6 is 0 Å². The molecule has 6 heteroatoms. The van der Waals surface area contributed by atoms with Crippen molar-refractivity contribution in [3.8, 4) is 0 Å². The summed E-state index contributed by atoms with van der Waals surface area (Å²) < 4.78 is 2.23. The number of aromatic nitrogens is 4. The quantitative estimate of drug-likeness (QED) is 0.450. The van der Waals surface area contributed by atoms with Crippen LogP contribution in [0.2, 0.25) is 0 Å². The summed E-state index contributed by atoms with van der Waals surface area (Å²) in [5, 5.41) is 16.0. The van der Waals surface area contributed by atoms with Gasteiger partial charge in [0, 0.05) is 34.9 Å². The standard InChI is InChI=1S/C24H26N6/c1-2-16-22-17-14-27-28-18(17)8-9-21(22)30-15-26-20-7-6-19(23(16)24(20)30)25-10-13-29-11-4-3-5-12-29/h2,6-9,14-15,25H,3-5,10-13H2,1H3,(H,27,28)/b16-2-. The molecule has 6 nitrogen and oxygen atoms in total. The van der Waals surface area contributed by atoms with Crippen LogP contribution in [0.1, 0.15) is 26.2 Å². The van der Waals surface area contributed by atoms with E-state index < -0.39 is 0 Å². The van der Waals surface area contributed by atoms with Crippen molar-refractivity contribution in [1.29, 1.82) is 0 Å². The Hall–Kier alpha value is -3.12. The fourth-order valence-electron chi connectivity index (χ4n) is 5.14. The minimum Gasteiger partial charge on any atom is -0.383 e. The lowest BCUT2D eigenvalue weighted by Crippen LogP contribution is -2.33. The van der Waals surface area contributed by atoms with Crippen LogP contribution in [0.5, 0.6) is 0 Å². The fourth-order valence-corrected chi connectivity index (χ4v) is 5.14. The summed E-state index contributed by atoms with van der Waals surface area (Å²) in [5.74, 6) is 0. The van der Waals surface area contributed by atoms with Gasteiger partial charge in [-0.25, -0.2) is 4.98 Å². The van der Waals surface area contributed by atoms with Gasteiger partial charge in [-0.05, 0) is 62.3 Å². The third kappa shape index (κ3) is 2.60. The summed E-state index contributed by atoms with van der Waals surface area (Å²) in [4.78, 5) is 7.27. The highest BCUT2D eigenvalue weighted by molar-refractivity contribution is 6.14. The van der Waals surface area contributed by atoms with Gasteiger partial charge in [0.25, 0.3) is 0 Å². The zero-order valence-corrected chi connectivity index (χ0v) is 17.3. The molecule has 0 bridgehead atoms. The van der Waals surface area contributed by atoms with Gasteiger partial charge in [0.2, 0.25) is 0 Å². The lowest BCUT2D eigenvalue weighted by Gasteiger charge is -2.26. The highest BCUT2D eigenvalue weighted by atomic mass is 15.1. The smallest absolute Gasteiger partial charge is 0.100 e. The SMILES string of the molecule is C/C=c1\c2c(NCCN3CCCCC3)ccc3ncn(c4ccc5[nH]ncc5c14)c32. The molecule has 0 atom stereocenters. The van der Waals surface area contributed by atoms with Crippen LogP contribution in [-0.2, 0) is 0 Å². The summed E-state index contributed by atoms with van der Waals surface area (Å²) in [6.07, 6.45) is 10.1. The summed E-state index contributed by atoms with van der Waals surface area (Å²) >= 11 is 0. The number of anilines is 1. The van der Waals surface area contributed by atoms with Crippen LogP contribution in [0, 0.1) is 0 Å². The van der Waals surface area contributed by atoms with Crippen molar-refractivity contribution in [2.24, 2.45) is 0 Å². The molecular weight excluding hydrogens is 372 g/mol. The normalized spacial score (nSPS) is 16.5. The number of nitrogens with zero attached hydrogens (tertiary/aromatic N) is 4. The zero-order chi connectivity index (χ0) is 20.1. The number of likely N-dealkylation sites (tertiary alicyclic amines) is 1. The van der Waals surface area contributed by atoms with Crippen LogP contribution in [-0.4, -0.2) is 50.7 Å². The van der Waals surface area contributed by atoms with Crippen molar-refractivity contribution in [1.82, 2.24) is 24.5 Å². The molecule has 2 N–H and O–H groups in total. The molecule has 5 aromatic rings. The molecule has 0 radical (unpaired) electrons. The molecule has 0 aliphatic carbocycles. The molecule has 1 aliphatic rings. The van der Waals surface area contributed by atoms with Crippen LogP contribution in [0.4, 0.5) is 5.69 Å². The molecule has 1 fully saturated rings. The molecule has 2 aromatic carbocycles. The van der Waals surface area contributed by atoms with Gasteiger partial charge in [0.15, 0.2) is 0 Å². The number of piperidine rings is 1. The minimum atomic E-state index is 0.951. The molecular formula is C24H26N6. The van der Waals surface area contributed by atoms with Gasteiger partial charge in [0.05, 0.1) is 28.3 Å². The van der Waals surface area contributed by atoms with Crippen LogP contribution in [0.3, 0.4) is 0 Å². The molecule has 3 aromatic heterocycles. The van der Waals surface area contributed by atoms with Crippen molar-refractivity contribution < 1.29 is 0 Å². The first kappa shape index (κ1) is 17.7. The largest absolute Gasteiger partial charge is 0.383 e. The maximum atomic E-state index is 4.70. The van der Waals surface area contributed by atoms with Crippen molar-refractivity contribution in [2.45, 2.75) is 26.2 Å². The van der Waals surface area contributed by atoms with Crippen molar-refractivity contribution >= 4 is 50.0 Å². The van der Waals surface area contributed by atoms with Gasteiger partial charge < -0.3 is 10.2 Å². The average Bonchev–Trinajstić information content (AvgIpc) is 3.44. The van der Waals surface area contributed by atoms with Crippen LogP contribution in [0.25, 0.3) is 44.3 Å². The Bertz CT molecular complexity index is 1420. The van der Waals surface area contributed by atoms with Gasteiger partial charge in [0.1, 0.15) is 6.33 Å². The van der Waals surface area contributed by atoms with E-state index in [4.69, 9.17) is 4.98 Å². The van der Waals surface area contributed by atoms with E-state index in [2.05, 4.69) is 62.1 Å². The predicted molar refractivity (Wildman–Crippen MR) is 124 cm³/mol. The van der Waals surface area contributed by atoms with Crippen molar-refractivity contribution in [3.63, 3.8) is 0 Å². The molecule has 0 unspecified atom stereocenters. The molecule has 30 heavy (non-hydrogen) atoms. The summed E-state index contributed by atoms with van der Waals surface area (Å²) in [7, 11) is 0. The maximum Gasteiger partial charge on any atom is 0.100 e. The van der Waals surface area contributed by atoms with E-state index in [0.717, 1.165) is 35.0 Å². The van der Waals surface area contributed by atoms with Crippen molar-refractivity contribution in [2.75, 3.05) is 31.5 Å². The number of H-pyrrole nitrogens is 1. The summed E-state index contributed by atoms with van der Waals surface area (Å²) in [6, 6.07) is 8.59. The molecule has 0 amide bonds. The first-order chi connectivity index (χ1) is 14.8. The zero-order valence-electron chi connectivity index (χ0n) is 17.3. The van der Waals surface area contributed by atoms with Crippen LogP contribution in [0.15, 0.2) is 36.8 Å². The number of hydrogen-bond acceptors (Lipinski definition) is 4. The Labute approximate surface area is 174 Å². The van der Waals surface area contributed by atoms with E-state index in [1.54, 1.807) is 0 Å². The Morgan fingerprint density at radius 1 is 1.10 bits per heavy atom. The molecule has 1 saturated heterocycles. The first-order valence-electron chi connectivity index (χ1n) is 10.9. The lowest BCUT2D eigenvalue weighted by molar-refractivity contribution is 0.237. The number of nitrogens with one attached hydrogen (secondary N) is 2. The van der Waals surface area contributed by atoms with E-state index in [1.807, 2.05) is 12.5 Å². The summed E-state index contributed by atoms with van der Waals surface area (Å²) in [5.41, 5.74) is 5.62. The van der Waals surface area contributed by atoms with E-state index in [1.165, 1.54) is 59.5 Å². The Kier molecular flexibility index (Phi) is 4.13. The van der Waals surface area contributed by atoms with E-state index in [-0.39, 0.29) is 0 Å². The Morgan fingerprint density at radius 2 is 2.00 bits per heavy atom. The monoisotopic (exact) mass is 398 g/mol. The Morgan fingerprint density at radius 3 is 2.87 bits per heavy atom. The first-order valence-corrected chi connectivity index (χ1v) is 10.9. The predicted octanol–water partition coefficient (Wildman–Crippen LogP) is 3.93.